The van der Waals surface area contributed by atoms with Crippen LogP contribution in [-0.2, 0) is 11.2 Å². The van der Waals surface area contributed by atoms with Gasteiger partial charge >= 0.3 is 0 Å². The number of benzene rings is 1. The Labute approximate surface area is 129 Å². The zero-order valence-electron chi connectivity index (χ0n) is 12.7. The number of likely N-dealkylation sites (tertiary alicyclic amines) is 1. The van der Waals surface area contributed by atoms with Gasteiger partial charge in [0.2, 0.25) is 5.91 Å². The molecule has 0 atom stereocenters. The van der Waals surface area contributed by atoms with Crippen molar-refractivity contribution >= 4 is 5.91 Å². The van der Waals surface area contributed by atoms with Gasteiger partial charge in [-0.15, -0.1) is 0 Å². The van der Waals surface area contributed by atoms with E-state index < -0.39 is 11.2 Å². The molecule has 0 aliphatic carbocycles. The van der Waals surface area contributed by atoms with Crippen LogP contribution in [0.2, 0.25) is 0 Å². The third-order valence-corrected chi connectivity index (χ3v) is 4.31. The van der Waals surface area contributed by atoms with E-state index in [1.807, 2.05) is 0 Å². The highest BCUT2D eigenvalue weighted by Crippen LogP contribution is 2.30. The highest BCUT2D eigenvalue weighted by Gasteiger charge is 2.38. The van der Waals surface area contributed by atoms with Gasteiger partial charge in [0, 0.05) is 24.9 Å². The average molecular weight is 311 g/mol. The Morgan fingerprint density at radius 1 is 1.41 bits per heavy atom. The topological polar surface area (TPSA) is 70.0 Å². The number of halogens is 1. The molecule has 2 rings (SSSR count). The number of amides is 1. The number of carbonyl (C=O) groups excluding carboxylic acids is 1. The van der Waals surface area contributed by atoms with Crippen molar-refractivity contribution in [3.8, 4) is 5.75 Å². The number of rotatable bonds is 6. The number of ether oxygens (including phenoxy) is 1. The van der Waals surface area contributed by atoms with E-state index in [2.05, 4.69) is 0 Å². The molecule has 0 bridgehead atoms. The maximum absolute atomic E-state index is 13.6. The van der Waals surface area contributed by atoms with Gasteiger partial charge in [-0.2, -0.15) is 0 Å². The molecule has 2 N–H and O–H groups in total. The molecular weight excluding hydrogens is 289 g/mol. The summed E-state index contributed by atoms with van der Waals surface area (Å²) in [5.41, 5.74) is 0.156. The highest BCUT2D eigenvalue weighted by atomic mass is 19.1. The van der Waals surface area contributed by atoms with Crippen LogP contribution in [0.25, 0.3) is 0 Å². The summed E-state index contributed by atoms with van der Waals surface area (Å²) in [5, 5.41) is 18.7. The van der Waals surface area contributed by atoms with Gasteiger partial charge in [-0.1, -0.05) is 6.07 Å². The standard InChI is InChI=1S/C16H22FNO4/c1-22-14-4-2-12(8-13(14)17)3-5-15(21)18-7-6-16(9-18,10-19)11-20/h2,4,8,19-20H,3,5-7,9-11H2,1H3. The third-order valence-electron chi connectivity index (χ3n) is 4.31. The molecule has 122 valence electrons. The van der Waals surface area contributed by atoms with Crippen molar-refractivity contribution in [2.75, 3.05) is 33.4 Å². The first kappa shape index (κ1) is 16.7. The van der Waals surface area contributed by atoms with Crippen molar-refractivity contribution in [2.45, 2.75) is 19.3 Å². The first-order valence-electron chi connectivity index (χ1n) is 7.35. The highest BCUT2D eigenvalue weighted by molar-refractivity contribution is 5.76. The summed E-state index contributed by atoms with van der Waals surface area (Å²) >= 11 is 0. The van der Waals surface area contributed by atoms with Crippen LogP contribution in [0.1, 0.15) is 18.4 Å². The van der Waals surface area contributed by atoms with E-state index in [1.54, 1.807) is 17.0 Å². The van der Waals surface area contributed by atoms with E-state index >= 15 is 0 Å². The zero-order valence-corrected chi connectivity index (χ0v) is 12.7. The molecule has 1 aliphatic heterocycles. The van der Waals surface area contributed by atoms with Crippen molar-refractivity contribution in [3.05, 3.63) is 29.6 Å². The van der Waals surface area contributed by atoms with Crippen LogP contribution in [0.4, 0.5) is 4.39 Å². The SMILES string of the molecule is COc1ccc(CCC(=O)N2CCC(CO)(CO)C2)cc1F. The molecule has 0 spiro atoms. The molecule has 1 amide bonds. The van der Waals surface area contributed by atoms with Crippen LogP contribution in [0.15, 0.2) is 18.2 Å². The van der Waals surface area contributed by atoms with Gasteiger partial charge in [0.05, 0.1) is 20.3 Å². The lowest BCUT2D eigenvalue weighted by Crippen LogP contribution is -2.36. The molecule has 6 heteroatoms. The largest absolute Gasteiger partial charge is 0.494 e. The minimum atomic E-state index is -0.581. The Morgan fingerprint density at radius 2 is 2.14 bits per heavy atom. The molecule has 1 saturated heterocycles. The van der Waals surface area contributed by atoms with E-state index in [0.717, 1.165) is 5.56 Å². The summed E-state index contributed by atoms with van der Waals surface area (Å²) in [7, 11) is 1.41. The Morgan fingerprint density at radius 3 is 2.68 bits per heavy atom. The molecule has 1 aliphatic rings. The molecule has 1 aromatic rings. The first-order valence-corrected chi connectivity index (χ1v) is 7.35. The van der Waals surface area contributed by atoms with Crippen molar-refractivity contribution < 1.29 is 24.1 Å². The van der Waals surface area contributed by atoms with Crippen molar-refractivity contribution in [3.63, 3.8) is 0 Å². The molecule has 22 heavy (non-hydrogen) atoms. The van der Waals surface area contributed by atoms with Crippen LogP contribution >= 0.6 is 0 Å². The fourth-order valence-electron chi connectivity index (χ4n) is 2.73. The quantitative estimate of drug-likeness (QED) is 0.821. The van der Waals surface area contributed by atoms with Gasteiger partial charge < -0.3 is 19.8 Å². The summed E-state index contributed by atoms with van der Waals surface area (Å²) < 4.78 is 18.5. The summed E-state index contributed by atoms with van der Waals surface area (Å²) in [6.07, 6.45) is 1.32. The lowest BCUT2D eigenvalue weighted by atomic mass is 9.89. The first-order chi connectivity index (χ1) is 10.5. The second kappa shape index (κ2) is 7.07. The number of hydrogen-bond donors (Lipinski definition) is 2. The minimum absolute atomic E-state index is 0.0417. The maximum Gasteiger partial charge on any atom is 0.222 e. The van der Waals surface area contributed by atoms with Crippen LogP contribution in [0.3, 0.4) is 0 Å². The summed E-state index contributed by atoms with van der Waals surface area (Å²) in [4.78, 5) is 13.8. The predicted octanol–water partition coefficient (Wildman–Crippen LogP) is 0.970. The van der Waals surface area contributed by atoms with Gasteiger partial charge in [0.25, 0.3) is 0 Å². The summed E-state index contributed by atoms with van der Waals surface area (Å²) in [5.74, 6) is -0.293. The van der Waals surface area contributed by atoms with Gasteiger partial charge in [-0.3, -0.25) is 4.79 Å². The van der Waals surface area contributed by atoms with Crippen LogP contribution in [0.5, 0.6) is 5.75 Å². The number of aryl methyl sites for hydroxylation is 1. The van der Waals surface area contributed by atoms with Crippen molar-refractivity contribution in [2.24, 2.45) is 5.41 Å². The molecule has 0 aromatic heterocycles. The minimum Gasteiger partial charge on any atom is -0.494 e. The number of nitrogens with zero attached hydrogens (tertiary/aromatic N) is 1. The predicted molar refractivity (Wildman–Crippen MR) is 79.1 cm³/mol. The van der Waals surface area contributed by atoms with Crippen LogP contribution in [0, 0.1) is 11.2 Å². The third kappa shape index (κ3) is 3.56. The molecule has 0 radical (unpaired) electrons. The van der Waals surface area contributed by atoms with Crippen molar-refractivity contribution in [1.82, 2.24) is 4.90 Å². The van der Waals surface area contributed by atoms with E-state index in [-0.39, 0.29) is 31.3 Å². The van der Waals surface area contributed by atoms with Gasteiger partial charge in [-0.05, 0) is 30.5 Å². The number of carbonyl (C=O) groups is 1. The molecule has 0 saturated carbocycles. The van der Waals surface area contributed by atoms with Crippen molar-refractivity contribution in [1.29, 1.82) is 0 Å². The lowest BCUT2D eigenvalue weighted by molar-refractivity contribution is -0.130. The monoisotopic (exact) mass is 311 g/mol. The van der Waals surface area contributed by atoms with Crippen LogP contribution in [-0.4, -0.2) is 54.4 Å². The fraction of sp³-hybridized carbons (Fsp3) is 0.562. The smallest absolute Gasteiger partial charge is 0.222 e. The molecule has 5 nitrogen and oxygen atoms in total. The number of methoxy groups -OCH3 is 1. The molecular formula is C16H22FNO4. The Balaban J connectivity index is 1.90. The van der Waals surface area contributed by atoms with Gasteiger partial charge in [0.1, 0.15) is 0 Å². The molecule has 1 heterocycles. The van der Waals surface area contributed by atoms with Gasteiger partial charge in [0.15, 0.2) is 11.6 Å². The number of aliphatic hydroxyl groups is 2. The Bertz CT molecular complexity index is 531. The van der Waals surface area contributed by atoms with E-state index in [1.165, 1.54) is 13.2 Å². The Kier molecular flexibility index (Phi) is 5.37. The van der Waals surface area contributed by atoms with Crippen LogP contribution < -0.4 is 4.74 Å². The van der Waals surface area contributed by atoms with Gasteiger partial charge in [-0.25, -0.2) is 4.39 Å². The normalized spacial score (nSPS) is 16.8. The molecule has 0 unspecified atom stereocenters. The Hall–Kier alpha value is -1.66. The summed E-state index contributed by atoms with van der Waals surface area (Å²) in [6, 6.07) is 4.67. The zero-order chi connectivity index (χ0) is 16.2. The van der Waals surface area contributed by atoms with E-state index in [0.29, 0.717) is 25.9 Å². The fourth-order valence-corrected chi connectivity index (χ4v) is 2.73. The number of aliphatic hydroxyl groups excluding tert-OH is 2. The molecule has 1 fully saturated rings. The summed E-state index contributed by atoms with van der Waals surface area (Å²) in [6.45, 7) is 0.653. The second-order valence-corrected chi connectivity index (χ2v) is 5.85. The lowest BCUT2D eigenvalue weighted by Gasteiger charge is -2.24. The molecule has 1 aromatic carbocycles. The van der Waals surface area contributed by atoms with E-state index in [4.69, 9.17) is 4.74 Å². The number of hydrogen-bond acceptors (Lipinski definition) is 4. The maximum atomic E-state index is 13.6. The average Bonchev–Trinajstić information content (AvgIpc) is 2.98. The van der Waals surface area contributed by atoms with E-state index in [9.17, 15) is 19.4 Å². The second-order valence-electron chi connectivity index (χ2n) is 5.85.